The van der Waals surface area contributed by atoms with E-state index in [1.807, 2.05) is 0 Å². The minimum Gasteiger partial charge on any atom is -0.461 e. The minimum absolute atomic E-state index is 0. The lowest BCUT2D eigenvalue weighted by atomic mass is 9.63. The Morgan fingerprint density at radius 1 is 1.38 bits per heavy atom. The number of nitrogens with two attached hydrogens (primary N) is 1. The van der Waals surface area contributed by atoms with Gasteiger partial charge in [0.1, 0.15) is 11.6 Å². The summed E-state index contributed by atoms with van der Waals surface area (Å²) in [5, 5.41) is 0. The van der Waals surface area contributed by atoms with Gasteiger partial charge in [0.05, 0.1) is 0 Å². The monoisotopic (exact) mass is 249 g/mol. The van der Waals surface area contributed by atoms with Crippen LogP contribution in [0.25, 0.3) is 0 Å². The van der Waals surface area contributed by atoms with Gasteiger partial charge in [0, 0.05) is 0 Å². The standard InChI is InChI=1S/C12H23NO2.ClH/c1-5-12(6-2)7-9(8-12)15-10(14)11(3,4)13;/h9H,5-8,13H2,1-4H3;1H. The average Bonchev–Trinajstić information content (AvgIpc) is 2.08. The third-order valence-electron chi connectivity index (χ3n) is 3.62. The van der Waals surface area contributed by atoms with Crippen LogP contribution in [0.5, 0.6) is 0 Å². The van der Waals surface area contributed by atoms with Crippen molar-refractivity contribution in [2.24, 2.45) is 11.1 Å². The van der Waals surface area contributed by atoms with E-state index in [1.165, 1.54) is 12.8 Å². The fraction of sp³-hybridized carbons (Fsp3) is 0.917. The van der Waals surface area contributed by atoms with Gasteiger partial charge in [-0.05, 0) is 32.1 Å². The molecule has 1 aliphatic rings. The van der Waals surface area contributed by atoms with Crippen LogP contribution in [0.3, 0.4) is 0 Å². The molecular weight excluding hydrogens is 226 g/mol. The van der Waals surface area contributed by atoms with Crippen LogP contribution in [0.15, 0.2) is 0 Å². The zero-order valence-electron chi connectivity index (χ0n) is 10.7. The van der Waals surface area contributed by atoms with Crippen LogP contribution in [0.2, 0.25) is 0 Å². The maximum Gasteiger partial charge on any atom is 0.325 e. The summed E-state index contributed by atoms with van der Waals surface area (Å²) in [7, 11) is 0. The van der Waals surface area contributed by atoms with E-state index < -0.39 is 5.54 Å². The lowest BCUT2D eigenvalue weighted by Gasteiger charge is -2.46. The van der Waals surface area contributed by atoms with Crippen molar-refractivity contribution in [1.29, 1.82) is 0 Å². The van der Waals surface area contributed by atoms with Crippen molar-refractivity contribution in [2.75, 3.05) is 0 Å². The first-order chi connectivity index (χ1) is 6.83. The quantitative estimate of drug-likeness (QED) is 0.780. The van der Waals surface area contributed by atoms with E-state index in [0.717, 1.165) is 12.8 Å². The predicted molar refractivity (Wildman–Crippen MR) is 67.6 cm³/mol. The largest absolute Gasteiger partial charge is 0.461 e. The van der Waals surface area contributed by atoms with E-state index in [9.17, 15) is 4.79 Å². The molecule has 0 radical (unpaired) electrons. The van der Waals surface area contributed by atoms with E-state index in [4.69, 9.17) is 10.5 Å². The van der Waals surface area contributed by atoms with Gasteiger partial charge >= 0.3 is 5.97 Å². The van der Waals surface area contributed by atoms with Crippen molar-refractivity contribution < 1.29 is 9.53 Å². The van der Waals surface area contributed by atoms with Crippen LogP contribution in [0, 0.1) is 5.41 Å². The summed E-state index contributed by atoms with van der Waals surface area (Å²) in [5.74, 6) is -0.284. The summed E-state index contributed by atoms with van der Waals surface area (Å²) >= 11 is 0. The maximum atomic E-state index is 11.5. The number of hydrogen-bond donors (Lipinski definition) is 1. The number of ether oxygens (including phenoxy) is 1. The molecule has 96 valence electrons. The van der Waals surface area contributed by atoms with E-state index in [1.54, 1.807) is 13.8 Å². The van der Waals surface area contributed by atoms with Crippen molar-refractivity contribution in [2.45, 2.75) is 65.0 Å². The summed E-state index contributed by atoms with van der Waals surface area (Å²) in [4.78, 5) is 11.5. The molecule has 0 amide bonds. The average molecular weight is 250 g/mol. The van der Waals surface area contributed by atoms with Crippen LogP contribution in [0.4, 0.5) is 0 Å². The molecule has 0 unspecified atom stereocenters. The second-order valence-electron chi connectivity index (χ2n) is 5.36. The second-order valence-corrected chi connectivity index (χ2v) is 5.36. The summed E-state index contributed by atoms with van der Waals surface area (Å²) < 4.78 is 5.35. The van der Waals surface area contributed by atoms with Gasteiger partial charge in [-0.3, -0.25) is 4.79 Å². The molecule has 1 aliphatic carbocycles. The Balaban J connectivity index is 0.00000225. The van der Waals surface area contributed by atoms with Crippen molar-refractivity contribution in [3.8, 4) is 0 Å². The number of rotatable bonds is 4. The normalized spacial score (nSPS) is 19.6. The number of carbonyl (C=O) groups is 1. The molecular formula is C12H24ClNO2. The fourth-order valence-corrected chi connectivity index (χ4v) is 2.12. The molecule has 0 heterocycles. The molecule has 16 heavy (non-hydrogen) atoms. The summed E-state index contributed by atoms with van der Waals surface area (Å²) in [6.07, 6.45) is 4.44. The van der Waals surface area contributed by atoms with Gasteiger partial charge in [0.2, 0.25) is 0 Å². The smallest absolute Gasteiger partial charge is 0.325 e. The van der Waals surface area contributed by atoms with Gasteiger partial charge in [0.15, 0.2) is 0 Å². The van der Waals surface area contributed by atoms with Crippen molar-refractivity contribution in [3.05, 3.63) is 0 Å². The van der Waals surface area contributed by atoms with Crippen LogP contribution in [-0.4, -0.2) is 17.6 Å². The highest BCUT2D eigenvalue weighted by atomic mass is 35.5. The Labute approximate surface area is 105 Å². The molecule has 1 fully saturated rings. The Hall–Kier alpha value is -0.280. The van der Waals surface area contributed by atoms with E-state index >= 15 is 0 Å². The molecule has 2 N–H and O–H groups in total. The first-order valence-electron chi connectivity index (χ1n) is 5.83. The van der Waals surface area contributed by atoms with Gasteiger partial charge in [-0.15, -0.1) is 12.4 Å². The van der Waals surface area contributed by atoms with E-state index in [2.05, 4.69) is 13.8 Å². The Kier molecular flexibility index (Phi) is 5.27. The number of carbonyl (C=O) groups excluding carboxylic acids is 1. The van der Waals surface area contributed by atoms with Crippen LogP contribution in [-0.2, 0) is 9.53 Å². The zero-order valence-corrected chi connectivity index (χ0v) is 11.5. The molecule has 0 aromatic heterocycles. The van der Waals surface area contributed by atoms with Gasteiger partial charge in [0.25, 0.3) is 0 Å². The summed E-state index contributed by atoms with van der Waals surface area (Å²) in [6.45, 7) is 7.77. The maximum absolute atomic E-state index is 11.5. The topological polar surface area (TPSA) is 52.3 Å². The predicted octanol–water partition coefficient (Wildman–Crippen LogP) is 2.66. The van der Waals surface area contributed by atoms with Crippen LogP contribution < -0.4 is 5.73 Å². The van der Waals surface area contributed by atoms with Crippen LogP contribution in [0.1, 0.15) is 53.4 Å². The fourth-order valence-electron chi connectivity index (χ4n) is 2.12. The van der Waals surface area contributed by atoms with E-state index in [-0.39, 0.29) is 24.5 Å². The number of esters is 1. The first kappa shape index (κ1) is 15.7. The third-order valence-corrected chi connectivity index (χ3v) is 3.62. The Morgan fingerprint density at radius 2 is 1.81 bits per heavy atom. The van der Waals surface area contributed by atoms with E-state index in [0.29, 0.717) is 5.41 Å². The number of hydrogen-bond acceptors (Lipinski definition) is 3. The molecule has 0 aliphatic heterocycles. The highest BCUT2D eigenvalue weighted by Gasteiger charge is 2.44. The molecule has 0 bridgehead atoms. The van der Waals surface area contributed by atoms with Gasteiger partial charge in [-0.2, -0.15) is 0 Å². The number of halogens is 1. The van der Waals surface area contributed by atoms with Gasteiger partial charge in [-0.1, -0.05) is 26.7 Å². The first-order valence-corrected chi connectivity index (χ1v) is 5.83. The third kappa shape index (κ3) is 3.36. The lowest BCUT2D eigenvalue weighted by molar-refractivity contribution is -0.167. The van der Waals surface area contributed by atoms with Crippen LogP contribution >= 0.6 is 12.4 Å². The molecule has 0 saturated heterocycles. The minimum atomic E-state index is -0.864. The lowest BCUT2D eigenvalue weighted by Crippen LogP contribution is -2.49. The van der Waals surface area contributed by atoms with Gasteiger partial charge in [-0.25, -0.2) is 0 Å². The molecule has 0 aromatic carbocycles. The zero-order chi connectivity index (χ0) is 11.7. The van der Waals surface area contributed by atoms with Gasteiger partial charge < -0.3 is 10.5 Å². The summed E-state index contributed by atoms with van der Waals surface area (Å²) in [5.41, 5.74) is 5.22. The molecule has 1 saturated carbocycles. The Bertz CT molecular complexity index is 236. The molecule has 4 heteroatoms. The molecule has 1 rings (SSSR count). The second kappa shape index (κ2) is 5.37. The molecule has 3 nitrogen and oxygen atoms in total. The molecule has 0 atom stereocenters. The molecule has 0 aromatic rings. The summed E-state index contributed by atoms with van der Waals surface area (Å²) in [6, 6.07) is 0. The SMILES string of the molecule is CCC1(CC)CC(OC(=O)C(C)(C)N)C1.Cl. The molecule has 0 spiro atoms. The van der Waals surface area contributed by atoms with Crippen molar-refractivity contribution >= 4 is 18.4 Å². The van der Waals surface area contributed by atoms with Crippen molar-refractivity contribution in [1.82, 2.24) is 0 Å². The highest BCUT2D eigenvalue weighted by molar-refractivity contribution is 5.85. The van der Waals surface area contributed by atoms with Crippen molar-refractivity contribution in [3.63, 3.8) is 0 Å². The Morgan fingerprint density at radius 3 is 2.12 bits per heavy atom. The highest BCUT2D eigenvalue weighted by Crippen LogP contribution is 2.48.